The van der Waals surface area contributed by atoms with E-state index in [4.69, 9.17) is 18.9 Å². The minimum absolute atomic E-state index is 0.388. The highest BCUT2D eigenvalue weighted by molar-refractivity contribution is 5.95. The van der Waals surface area contributed by atoms with Crippen molar-refractivity contribution in [3.63, 3.8) is 0 Å². The topological polar surface area (TPSA) is 264 Å². The van der Waals surface area contributed by atoms with Gasteiger partial charge in [-0.25, -0.2) is 60.7 Å². The summed E-state index contributed by atoms with van der Waals surface area (Å²) in [6.45, 7) is 23.1. The summed E-state index contributed by atoms with van der Waals surface area (Å²) in [6, 6.07) is -6.68. The number of carboxylic acid groups (broad SMARTS) is 1. The highest BCUT2D eigenvalue weighted by Crippen LogP contribution is 2.15. The van der Waals surface area contributed by atoms with Gasteiger partial charge in [-0.15, -0.1) is 0 Å². The van der Waals surface area contributed by atoms with E-state index in [2.05, 4.69) is 27.1 Å². The number of ether oxygens (including phenoxy) is 4. The molecule has 0 saturated heterocycles. The van der Waals surface area contributed by atoms with Crippen molar-refractivity contribution >= 4 is 48.1 Å². The maximum Gasteiger partial charge on any atom is 0.426 e. The van der Waals surface area contributed by atoms with Gasteiger partial charge < -0.3 is 24.1 Å². The van der Waals surface area contributed by atoms with Gasteiger partial charge in [-0.2, -0.15) is 0 Å². The van der Waals surface area contributed by atoms with Gasteiger partial charge in [0, 0.05) is 0 Å². The quantitative estimate of drug-likeness (QED) is 0.146. The van der Waals surface area contributed by atoms with E-state index in [1.54, 1.807) is 20.8 Å². The van der Waals surface area contributed by atoms with Crippen molar-refractivity contribution < 1.29 is 62.4 Å². The maximum atomic E-state index is 14.2. The summed E-state index contributed by atoms with van der Waals surface area (Å²) in [5.74, 6) is -5.06. The average Bonchev–Trinajstić information content (AvgIpc) is 2.94. The van der Waals surface area contributed by atoms with Crippen molar-refractivity contribution in [2.45, 2.75) is 157 Å². The summed E-state index contributed by atoms with van der Waals surface area (Å²) in [5, 5.41) is 11.1. The molecule has 0 spiro atoms. The SMILES string of the molecule is C[C@H](NNC(=O)OC(C)(C)C)C(=O)N(NC(=O)OC(C)(C)C)[C@@H](C)C(=O)N(NC(=O)OC(C)(C)C)[C@@H](C)C(=O)N(NC(=O)OC(C)(C)C)[C@@H](C)C(=O)O. The van der Waals surface area contributed by atoms with E-state index in [1.165, 1.54) is 69.2 Å². The molecule has 7 amide bonds. The van der Waals surface area contributed by atoms with Gasteiger partial charge in [-0.1, -0.05) is 0 Å². The third kappa shape index (κ3) is 18.3. The predicted molar refractivity (Wildman–Crippen MR) is 187 cm³/mol. The standard InChI is InChI=1S/C32H58N8O13/c1-17(33-34-25(46)50-29(5,6)7)21(41)38(35-26(47)51-30(8,9)10)18(2)22(42)39(36-27(48)52-31(11,12)13)19(3)23(43)40(20(4)24(44)45)37-28(49)53-32(14,15)16/h17-20,33H,1-16H3,(H,34,46)(H,35,47)(H,36,48)(H,37,49)(H,44,45)/t17-,18-,19-,20-/m0/s1. The largest absolute Gasteiger partial charge is 0.480 e. The van der Waals surface area contributed by atoms with Crippen LogP contribution in [0, 0.1) is 0 Å². The number of carbonyl (C=O) groups excluding carboxylic acids is 7. The molecule has 0 fully saturated rings. The number of carbonyl (C=O) groups is 8. The molecule has 0 saturated carbocycles. The third-order valence-electron chi connectivity index (χ3n) is 5.94. The molecule has 0 aromatic carbocycles. The second-order valence-electron chi connectivity index (χ2n) is 15.8. The van der Waals surface area contributed by atoms with Crippen molar-refractivity contribution in [3.8, 4) is 0 Å². The Morgan fingerprint density at radius 2 is 0.717 bits per heavy atom. The van der Waals surface area contributed by atoms with Crippen LogP contribution in [0.1, 0.15) is 111 Å². The number of hydrogen-bond acceptors (Lipinski definition) is 13. The first-order chi connectivity index (χ1) is 23.7. The zero-order valence-corrected chi connectivity index (χ0v) is 33.5. The van der Waals surface area contributed by atoms with Gasteiger partial charge in [0.25, 0.3) is 17.7 Å². The molecule has 21 heteroatoms. The van der Waals surface area contributed by atoms with Crippen LogP contribution in [0.25, 0.3) is 0 Å². The molecule has 0 rings (SSSR count). The molecule has 53 heavy (non-hydrogen) atoms. The summed E-state index contributed by atoms with van der Waals surface area (Å²) in [5.41, 5.74) is 6.86. The zero-order chi connectivity index (χ0) is 42.0. The average molecular weight is 763 g/mol. The van der Waals surface area contributed by atoms with Gasteiger partial charge in [0.15, 0.2) is 0 Å². The smallest absolute Gasteiger partial charge is 0.426 e. The first-order valence-electron chi connectivity index (χ1n) is 16.6. The molecular weight excluding hydrogens is 704 g/mol. The summed E-state index contributed by atoms with van der Waals surface area (Å²) >= 11 is 0. The molecule has 6 N–H and O–H groups in total. The normalized spacial score (nSPS) is 14.1. The lowest BCUT2D eigenvalue weighted by Gasteiger charge is -2.38. The van der Waals surface area contributed by atoms with Gasteiger partial charge in [-0.05, 0) is 111 Å². The van der Waals surface area contributed by atoms with Gasteiger partial charge >= 0.3 is 30.3 Å². The van der Waals surface area contributed by atoms with Crippen LogP contribution in [0.2, 0.25) is 0 Å². The lowest BCUT2D eigenvalue weighted by atomic mass is 10.2. The molecule has 0 aromatic rings. The highest BCUT2D eigenvalue weighted by Gasteiger charge is 2.42. The van der Waals surface area contributed by atoms with Crippen LogP contribution < -0.4 is 27.1 Å². The van der Waals surface area contributed by atoms with Gasteiger partial charge in [0.1, 0.15) is 46.6 Å². The lowest BCUT2D eigenvalue weighted by molar-refractivity contribution is -0.161. The number of nitrogens with zero attached hydrogens (tertiary/aromatic N) is 3. The first-order valence-corrected chi connectivity index (χ1v) is 16.6. The van der Waals surface area contributed by atoms with E-state index in [9.17, 15) is 43.5 Å². The van der Waals surface area contributed by atoms with Crippen molar-refractivity contribution in [2.75, 3.05) is 0 Å². The minimum Gasteiger partial charge on any atom is -0.480 e. The minimum atomic E-state index is -1.82. The second-order valence-corrected chi connectivity index (χ2v) is 15.8. The van der Waals surface area contributed by atoms with E-state index in [1.807, 2.05) is 0 Å². The maximum absolute atomic E-state index is 14.2. The Morgan fingerprint density at radius 3 is 1.00 bits per heavy atom. The van der Waals surface area contributed by atoms with Gasteiger partial charge in [-0.3, -0.25) is 19.8 Å². The number of rotatable bonds is 9. The lowest BCUT2D eigenvalue weighted by Crippen LogP contribution is -2.67. The molecule has 0 aliphatic rings. The van der Waals surface area contributed by atoms with Crippen LogP contribution in [0.3, 0.4) is 0 Å². The van der Waals surface area contributed by atoms with Crippen LogP contribution in [-0.4, -0.2) is 115 Å². The Bertz CT molecular complexity index is 1360. The van der Waals surface area contributed by atoms with Crippen molar-refractivity contribution in [2.24, 2.45) is 0 Å². The monoisotopic (exact) mass is 762 g/mol. The molecule has 0 radical (unpaired) electrons. The number of nitrogens with one attached hydrogen (secondary N) is 5. The van der Waals surface area contributed by atoms with E-state index >= 15 is 0 Å². The Labute approximate surface area is 310 Å². The fourth-order valence-electron chi connectivity index (χ4n) is 3.70. The van der Waals surface area contributed by atoms with E-state index in [0.717, 1.165) is 20.8 Å². The Kier molecular flexibility index (Phi) is 16.8. The van der Waals surface area contributed by atoms with Crippen LogP contribution in [0.15, 0.2) is 0 Å². The fraction of sp³-hybridized carbons (Fsp3) is 0.750. The molecule has 0 bridgehead atoms. The number of hydrazine groups is 4. The molecule has 0 aliphatic carbocycles. The van der Waals surface area contributed by atoms with Gasteiger partial charge in [0.05, 0.1) is 0 Å². The molecule has 304 valence electrons. The van der Waals surface area contributed by atoms with Crippen molar-refractivity contribution in [1.29, 1.82) is 0 Å². The summed E-state index contributed by atoms with van der Waals surface area (Å²) in [6.07, 6.45) is -4.59. The number of aliphatic carboxylic acids is 1. The summed E-state index contributed by atoms with van der Waals surface area (Å²) in [7, 11) is 0. The summed E-state index contributed by atoms with van der Waals surface area (Å²) < 4.78 is 20.8. The molecule has 0 heterocycles. The number of amides is 7. The summed E-state index contributed by atoms with van der Waals surface area (Å²) in [4.78, 5) is 105. The zero-order valence-electron chi connectivity index (χ0n) is 33.5. The fourth-order valence-corrected chi connectivity index (χ4v) is 3.70. The van der Waals surface area contributed by atoms with Crippen LogP contribution >= 0.6 is 0 Å². The molecule has 4 atom stereocenters. The third-order valence-corrected chi connectivity index (χ3v) is 5.94. The number of carboxylic acids is 1. The molecule has 0 unspecified atom stereocenters. The molecular formula is C32H58N8O13. The highest BCUT2D eigenvalue weighted by atomic mass is 16.6. The van der Waals surface area contributed by atoms with E-state index in [0.29, 0.717) is 15.0 Å². The van der Waals surface area contributed by atoms with E-state index in [-0.39, 0.29) is 0 Å². The van der Waals surface area contributed by atoms with Crippen LogP contribution in [-0.2, 0) is 38.1 Å². The predicted octanol–water partition coefficient (Wildman–Crippen LogP) is 2.46. The van der Waals surface area contributed by atoms with Crippen LogP contribution in [0.5, 0.6) is 0 Å². The van der Waals surface area contributed by atoms with E-state index < -0.39 is 94.6 Å². The Hall–Kier alpha value is -5.08. The van der Waals surface area contributed by atoms with Crippen molar-refractivity contribution in [3.05, 3.63) is 0 Å². The van der Waals surface area contributed by atoms with Crippen LogP contribution in [0.4, 0.5) is 19.2 Å². The molecule has 0 aromatic heterocycles. The first kappa shape index (κ1) is 47.9. The molecule has 21 nitrogen and oxygen atoms in total. The number of hydrogen-bond donors (Lipinski definition) is 6. The Balaban J connectivity index is 6.97. The molecule has 0 aliphatic heterocycles. The van der Waals surface area contributed by atoms with Gasteiger partial charge in [0.2, 0.25) is 0 Å². The van der Waals surface area contributed by atoms with Crippen molar-refractivity contribution in [1.82, 2.24) is 42.2 Å². The Morgan fingerprint density at radius 1 is 0.453 bits per heavy atom. The second kappa shape index (κ2) is 18.6.